The SMILES string of the molecule is CCC(N)C(c1cccnc1)N(C)C(C)(C)CO. The molecule has 1 aromatic rings. The van der Waals surface area contributed by atoms with Crippen LogP contribution < -0.4 is 5.73 Å². The summed E-state index contributed by atoms with van der Waals surface area (Å²) in [6.07, 6.45) is 4.49. The van der Waals surface area contributed by atoms with Gasteiger partial charge in [-0.1, -0.05) is 13.0 Å². The summed E-state index contributed by atoms with van der Waals surface area (Å²) >= 11 is 0. The quantitative estimate of drug-likeness (QED) is 0.805. The molecule has 0 aliphatic rings. The average Bonchev–Trinajstić information content (AvgIpc) is 2.39. The van der Waals surface area contributed by atoms with Crippen molar-refractivity contribution in [3.63, 3.8) is 0 Å². The fourth-order valence-electron chi connectivity index (χ4n) is 2.02. The third-order valence-electron chi connectivity index (χ3n) is 3.66. The molecule has 0 bridgehead atoms. The molecule has 1 rings (SSSR count). The molecule has 102 valence electrons. The van der Waals surface area contributed by atoms with Gasteiger partial charge in [-0.25, -0.2) is 0 Å². The van der Waals surface area contributed by atoms with Crippen LogP contribution in [0, 0.1) is 0 Å². The van der Waals surface area contributed by atoms with Crippen LogP contribution in [-0.2, 0) is 0 Å². The maximum Gasteiger partial charge on any atom is 0.0610 e. The van der Waals surface area contributed by atoms with Crippen molar-refractivity contribution >= 4 is 0 Å². The lowest BCUT2D eigenvalue weighted by atomic mass is 9.93. The fourth-order valence-corrected chi connectivity index (χ4v) is 2.02. The Kier molecular flexibility index (Phi) is 5.26. The molecule has 4 nitrogen and oxygen atoms in total. The molecule has 0 saturated carbocycles. The first-order valence-electron chi connectivity index (χ1n) is 6.43. The molecule has 18 heavy (non-hydrogen) atoms. The Morgan fingerprint density at radius 3 is 2.61 bits per heavy atom. The smallest absolute Gasteiger partial charge is 0.0610 e. The average molecular weight is 251 g/mol. The predicted molar refractivity (Wildman–Crippen MR) is 74.2 cm³/mol. The highest BCUT2D eigenvalue weighted by Gasteiger charge is 2.32. The van der Waals surface area contributed by atoms with Crippen molar-refractivity contribution in [3.8, 4) is 0 Å². The number of aliphatic hydroxyl groups excluding tert-OH is 1. The molecule has 1 aromatic heterocycles. The van der Waals surface area contributed by atoms with E-state index in [0.29, 0.717) is 0 Å². The molecule has 3 N–H and O–H groups in total. The van der Waals surface area contributed by atoms with Gasteiger partial charge >= 0.3 is 0 Å². The van der Waals surface area contributed by atoms with E-state index in [-0.39, 0.29) is 24.2 Å². The third-order valence-corrected chi connectivity index (χ3v) is 3.66. The van der Waals surface area contributed by atoms with Crippen LogP contribution in [-0.4, -0.2) is 40.2 Å². The van der Waals surface area contributed by atoms with Gasteiger partial charge in [-0.15, -0.1) is 0 Å². The summed E-state index contributed by atoms with van der Waals surface area (Å²) < 4.78 is 0. The summed E-state index contributed by atoms with van der Waals surface area (Å²) in [6, 6.07) is 4.04. The number of pyridine rings is 1. The molecule has 0 aliphatic carbocycles. The molecule has 0 radical (unpaired) electrons. The van der Waals surface area contributed by atoms with E-state index in [1.807, 2.05) is 39.2 Å². The van der Waals surface area contributed by atoms with Gasteiger partial charge in [-0.05, 0) is 38.9 Å². The highest BCUT2D eigenvalue weighted by Crippen LogP contribution is 2.29. The van der Waals surface area contributed by atoms with Gasteiger partial charge in [0.1, 0.15) is 0 Å². The van der Waals surface area contributed by atoms with E-state index in [9.17, 15) is 5.11 Å². The van der Waals surface area contributed by atoms with Crippen LogP contribution in [0.15, 0.2) is 24.5 Å². The minimum atomic E-state index is -0.312. The molecular formula is C14H25N3O. The first-order chi connectivity index (χ1) is 8.44. The van der Waals surface area contributed by atoms with E-state index < -0.39 is 0 Å². The standard InChI is InChI=1S/C14H25N3O/c1-5-12(15)13(11-7-6-8-16-9-11)17(4)14(2,3)10-18/h6-9,12-13,18H,5,10,15H2,1-4H3. The molecule has 1 heterocycles. The van der Waals surface area contributed by atoms with Crippen molar-refractivity contribution in [2.24, 2.45) is 5.73 Å². The maximum atomic E-state index is 9.52. The predicted octanol–water partition coefficient (Wildman–Crippen LogP) is 1.56. The molecule has 2 atom stereocenters. The number of hydrogen-bond acceptors (Lipinski definition) is 4. The Balaban J connectivity index is 3.07. The van der Waals surface area contributed by atoms with Gasteiger partial charge in [-0.2, -0.15) is 0 Å². The lowest BCUT2D eigenvalue weighted by Crippen LogP contribution is -2.51. The number of likely N-dealkylation sites (N-methyl/N-ethyl adjacent to an activating group) is 1. The van der Waals surface area contributed by atoms with Crippen LogP contribution in [0.5, 0.6) is 0 Å². The molecule has 2 unspecified atom stereocenters. The first-order valence-corrected chi connectivity index (χ1v) is 6.43. The zero-order valence-corrected chi connectivity index (χ0v) is 11.8. The molecular weight excluding hydrogens is 226 g/mol. The molecule has 0 spiro atoms. The van der Waals surface area contributed by atoms with Gasteiger partial charge in [0.2, 0.25) is 0 Å². The van der Waals surface area contributed by atoms with Crippen molar-refractivity contribution in [3.05, 3.63) is 30.1 Å². The molecule has 4 heteroatoms. The third kappa shape index (κ3) is 3.28. The Morgan fingerprint density at radius 2 is 2.17 bits per heavy atom. The Bertz CT molecular complexity index is 353. The highest BCUT2D eigenvalue weighted by molar-refractivity contribution is 5.17. The molecule has 0 saturated heterocycles. The molecule has 0 aliphatic heterocycles. The molecule has 0 amide bonds. The normalized spacial score (nSPS) is 15.7. The molecule has 0 fully saturated rings. The van der Waals surface area contributed by atoms with E-state index in [4.69, 9.17) is 5.73 Å². The van der Waals surface area contributed by atoms with Crippen LogP contribution >= 0.6 is 0 Å². The Morgan fingerprint density at radius 1 is 1.50 bits per heavy atom. The van der Waals surface area contributed by atoms with Crippen molar-refractivity contribution < 1.29 is 5.11 Å². The summed E-state index contributed by atoms with van der Waals surface area (Å²) in [5.74, 6) is 0. The summed E-state index contributed by atoms with van der Waals surface area (Å²) in [7, 11) is 2.00. The summed E-state index contributed by atoms with van der Waals surface area (Å²) in [6.45, 7) is 6.20. The van der Waals surface area contributed by atoms with Crippen LogP contribution in [0.2, 0.25) is 0 Å². The van der Waals surface area contributed by atoms with Crippen molar-refractivity contribution in [1.29, 1.82) is 0 Å². The largest absolute Gasteiger partial charge is 0.394 e. The minimum absolute atomic E-state index is 0.0185. The van der Waals surface area contributed by atoms with Gasteiger partial charge in [0, 0.05) is 24.0 Å². The Labute approximate surface area is 110 Å². The highest BCUT2D eigenvalue weighted by atomic mass is 16.3. The second-order valence-corrected chi connectivity index (χ2v) is 5.38. The van der Waals surface area contributed by atoms with Crippen LogP contribution in [0.1, 0.15) is 38.8 Å². The van der Waals surface area contributed by atoms with Gasteiger partial charge in [0.05, 0.1) is 12.6 Å². The number of aliphatic hydroxyl groups is 1. The number of hydrogen-bond donors (Lipinski definition) is 2. The van der Waals surface area contributed by atoms with Crippen molar-refractivity contribution in [1.82, 2.24) is 9.88 Å². The summed E-state index contributed by atoms with van der Waals surface area (Å²) in [4.78, 5) is 6.30. The van der Waals surface area contributed by atoms with E-state index in [2.05, 4.69) is 16.8 Å². The second kappa shape index (κ2) is 6.27. The first kappa shape index (κ1) is 15.1. The van der Waals surface area contributed by atoms with Gasteiger partial charge in [-0.3, -0.25) is 9.88 Å². The lowest BCUT2D eigenvalue weighted by molar-refractivity contribution is 0.0344. The second-order valence-electron chi connectivity index (χ2n) is 5.38. The van der Waals surface area contributed by atoms with E-state index in [1.54, 1.807) is 6.20 Å². The lowest BCUT2D eigenvalue weighted by Gasteiger charge is -2.42. The summed E-state index contributed by atoms with van der Waals surface area (Å²) in [5, 5.41) is 9.52. The van der Waals surface area contributed by atoms with Crippen molar-refractivity contribution in [2.75, 3.05) is 13.7 Å². The maximum absolute atomic E-state index is 9.52. The fraction of sp³-hybridized carbons (Fsp3) is 0.643. The van der Waals surface area contributed by atoms with Gasteiger partial charge in [0.15, 0.2) is 0 Å². The number of aromatic nitrogens is 1. The van der Waals surface area contributed by atoms with Crippen LogP contribution in [0.4, 0.5) is 0 Å². The van der Waals surface area contributed by atoms with E-state index in [0.717, 1.165) is 12.0 Å². The van der Waals surface area contributed by atoms with Crippen LogP contribution in [0.25, 0.3) is 0 Å². The van der Waals surface area contributed by atoms with E-state index in [1.165, 1.54) is 0 Å². The number of nitrogens with zero attached hydrogens (tertiary/aromatic N) is 2. The van der Waals surface area contributed by atoms with Gasteiger partial charge in [0.25, 0.3) is 0 Å². The number of nitrogens with two attached hydrogens (primary N) is 1. The zero-order chi connectivity index (χ0) is 13.8. The monoisotopic (exact) mass is 251 g/mol. The van der Waals surface area contributed by atoms with Gasteiger partial charge < -0.3 is 10.8 Å². The number of rotatable bonds is 6. The van der Waals surface area contributed by atoms with E-state index >= 15 is 0 Å². The zero-order valence-electron chi connectivity index (χ0n) is 11.8. The Hall–Kier alpha value is -0.970. The minimum Gasteiger partial charge on any atom is -0.394 e. The summed E-state index contributed by atoms with van der Waals surface area (Å²) in [5.41, 5.74) is 7.03. The van der Waals surface area contributed by atoms with Crippen molar-refractivity contribution in [2.45, 2.75) is 44.8 Å². The van der Waals surface area contributed by atoms with Crippen LogP contribution in [0.3, 0.4) is 0 Å². The topological polar surface area (TPSA) is 62.4 Å². The molecule has 0 aromatic carbocycles.